The molecule has 0 radical (unpaired) electrons. The molecule has 11 N–H and O–H groups in total. The van der Waals surface area contributed by atoms with Gasteiger partial charge in [0.15, 0.2) is 5.96 Å². The number of hydrogen-bond donors (Lipinski definition) is 6. The summed E-state index contributed by atoms with van der Waals surface area (Å²) in [5.74, 6) is -4.14. The minimum absolute atomic E-state index is 0.0916. The quantitative estimate of drug-likeness (QED) is 0.0797. The Balaban J connectivity index is 3.37. The van der Waals surface area contributed by atoms with E-state index in [0.29, 0.717) is 25.7 Å². The lowest BCUT2D eigenvalue weighted by atomic mass is 9.94. The van der Waals surface area contributed by atoms with Gasteiger partial charge in [-0.3, -0.25) is 33.9 Å². The molecule has 0 aromatic rings. The van der Waals surface area contributed by atoms with Gasteiger partial charge in [0.25, 0.3) is 0 Å². The molecule has 1 aliphatic rings. The highest BCUT2D eigenvalue weighted by Gasteiger charge is 2.46. The predicted octanol–water partition coefficient (Wildman–Crippen LogP) is -1.90. The number of aliphatic imine (C=N–C) groups is 1. The summed E-state index contributed by atoms with van der Waals surface area (Å²) in [5, 5.41) is 2.52. The summed E-state index contributed by atoms with van der Waals surface area (Å²) in [7, 11) is 0. The Morgan fingerprint density at radius 2 is 1.64 bits per heavy atom. The first-order valence-electron chi connectivity index (χ1n) is 13.5. The number of amides is 5. The van der Waals surface area contributed by atoms with Gasteiger partial charge in [0, 0.05) is 13.1 Å². The van der Waals surface area contributed by atoms with Crippen LogP contribution in [0.3, 0.4) is 0 Å². The fraction of sp³-hybridized carbons (Fsp3) is 0.760. The van der Waals surface area contributed by atoms with Crippen molar-refractivity contribution >= 4 is 35.5 Å². The Kier molecular flexibility index (Phi) is 13.3. The molecule has 0 unspecified atom stereocenters. The molecule has 0 bridgehead atoms. The van der Waals surface area contributed by atoms with Gasteiger partial charge in [0.2, 0.25) is 29.5 Å². The molecule has 1 aliphatic heterocycles. The third-order valence-corrected chi connectivity index (χ3v) is 7.09. The maximum Gasteiger partial charge on any atom is 0.247 e. The van der Waals surface area contributed by atoms with Crippen LogP contribution in [0.2, 0.25) is 0 Å². The Bertz CT molecular complexity index is 922. The number of imide groups is 1. The summed E-state index contributed by atoms with van der Waals surface area (Å²) in [6.07, 6.45) is 1.99. The highest BCUT2D eigenvalue weighted by atomic mass is 16.2. The summed E-state index contributed by atoms with van der Waals surface area (Å²) in [6, 6.07) is -5.22. The van der Waals surface area contributed by atoms with Gasteiger partial charge in [0.05, 0.1) is 12.1 Å². The van der Waals surface area contributed by atoms with Crippen molar-refractivity contribution in [3.63, 3.8) is 0 Å². The van der Waals surface area contributed by atoms with Gasteiger partial charge in [0.1, 0.15) is 18.1 Å². The van der Waals surface area contributed by atoms with Crippen LogP contribution in [0.5, 0.6) is 0 Å². The van der Waals surface area contributed by atoms with Crippen molar-refractivity contribution in [1.29, 1.82) is 0 Å². The van der Waals surface area contributed by atoms with E-state index in [1.54, 1.807) is 20.8 Å². The van der Waals surface area contributed by atoms with E-state index in [2.05, 4.69) is 10.3 Å². The first-order valence-corrected chi connectivity index (χ1v) is 13.5. The minimum atomic E-state index is -1.24. The largest absolute Gasteiger partial charge is 0.370 e. The van der Waals surface area contributed by atoms with Crippen molar-refractivity contribution in [2.75, 3.05) is 13.1 Å². The first kappa shape index (κ1) is 33.8. The number of nitrogens with one attached hydrogen (secondary N) is 1. The lowest BCUT2D eigenvalue weighted by molar-refractivity contribution is -0.159. The van der Waals surface area contributed by atoms with E-state index in [9.17, 15) is 24.0 Å². The van der Waals surface area contributed by atoms with Crippen molar-refractivity contribution < 1.29 is 24.0 Å². The van der Waals surface area contributed by atoms with E-state index < -0.39 is 65.7 Å². The van der Waals surface area contributed by atoms with Gasteiger partial charge in [-0.15, -0.1) is 0 Å². The van der Waals surface area contributed by atoms with E-state index in [0.717, 1.165) is 4.90 Å². The van der Waals surface area contributed by atoms with Crippen LogP contribution in [0.25, 0.3) is 0 Å². The molecule has 1 heterocycles. The third kappa shape index (κ3) is 9.17. The molecule has 1 saturated heterocycles. The van der Waals surface area contributed by atoms with Gasteiger partial charge in [-0.1, -0.05) is 34.1 Å². The van der Waals surface area contributed by atoms with E-state index in [1.165, 1.54) is 11.8 Å². The van der Waals surface area contributed by atoms with Crippen LogP contribution in [0.15, 0.2) is 4.99 Å². The molecule has 14 nitrogen and oxygen atoms in total. The molecule has 0 spiro atoms. The molecule has 1 rings (SSSR count). The van der Waals surface area contributed by atoms with Crippen LogP contribution < -0.4 is 34.0 Å². The molecule has 0 aromatic heterocycles. The molecule has 14 heteroatoms. The van der Waals surface area contributed by atoms with Gasteiger partial charge >= 0.3 is 0 Å². The van der Waals surface area contributed by atoms with Crippen LogP contribution in [0.4, 0.5) is 0 Å². The summed E-state index contributed by atoms with van der Waals surface area (Å²) in [6.45, 7) is 8.99. The zero-order valence-corrected chi connectivity index (χ0v) is 23.8. The van der Waals surface area contributed by atoms with E-state index in [1.807, 2.05) is 6.92 Å². The Hall–Kier alpha value is -3.26. The van der Waals surface area contributed by atoms with Crippen LogP contribution in [-0.4, -0.2) is 88.6 Å². The highest BCUT2D eigenvalue weighted by Crippen LogP contribution is 2.25. The number of guanidine groups is 1. The predicted molar refractivity (Wildman–Crippen MR) is 147 cm³/mol. The molecule has 39 heavy (non-hydrogen) atoms. The maximum atomic E-state index is 14.0. The van der Waals surface area contributed by atoms with Gasteiger partial charge in [-0.25, -0.2) is 0 Å². The minimum Gasteiger partial charge on any atom is -0.370 e. The monoisotopic (exact) mass is 553 g/mol. The fourth-order valence-electron chi connectivity index (χ4n) is 4.41. The zero-order valence-electron chi connectivity index (χ0n) is 23.8. The van der Waals surface area contributed by atoms with Crippen molar-refractivity contribution in [2.24, 2.45) is 45.5 Å². The third-order valence-electron chi connectivity index (χ3n) is 7.09. The molecule has 0 aliphatic carbocycles. The molecule has 0 aromatic carbocycles. The number of carbonyl (C=O) groups excluding carboxylic acids is 5. The number of nitrogens with zero attached hydrogens (tertiary/aromatic N) is 3. The smallest absolute Gasteiger partial charge is 0.247 e. The van der Waals surface area contributed by atoms with Gasteiger partial charge in [-0.2, -0.15) is 0 Å². The van der Waals surface area contributed by atoms with Crippen LogP contribution in [-0.2, 0) is 24.0 Å². The number of likely N-dealkylation sites (tertiary alicyclic amines) is 1. The molecule has 222 valence electrons. The molecule has 5 amide bonds. The first-order chi connectivity index (χ1) is 18.1. The van der Waals surface area contributed by atoms with Crippen LogP contribution >= 0.6 is 0 Å². The fourth-order valence-corrected chi connectivity index (χ4v) is 4.41. The maximum absolute atomic E-state index is 14.0. The Morgan fingerprint density at radius 3 is 2.15 bits per heavy atom. The van der Waals surface area contributed by atoms with Crippen LogP contribution in [0, 0.1) is 11.8 Å². The van der Waals surface area contributed by atoms with Crippen molar-refractivity contribution in [1.82, 2.24) is 15.1 Å². The molecule has 6 atom stereocenters. The second-order valence-electron chi connectivity index (χ2n) is 10.5. The van der Waals surface area contributed by atoms with E-state index >= 15 is 0 Å². The van der Waals surface area contributed by atoms with Gasteiger partial charge < -0.3 is 38.9 Å². The molecule has 1 fully saturated rings. The molecular formula is C25H47N9O5. The van der Waals surface area contributed by atoms with Gasteiger partial charge in [-0.05, 0) is 44.4 Å². The number of primary amides is 1. The average molecular weight is 554 g/mol. The van der Waals surface area contributed by atoms with Crippen LogP contribution in [0.1, 0.15) is 66.7 Å². The lowest BCUT2D eigenvalue weighted by Crippen LogP contribution is -2.63. The van der Waals surface area contributed by atoms with Crippen molar-refractivity contribution in [2.45, 2.75) is 96.9 Å². The number of carbonyl (C=O) groups is 5. The van der Waals surface area contributed by atoms with Crippen molar-refractivity contribution in [3.05, 3.63) is 0 Å². The number of hydrogen-bond acceptors (Lipinski definition) is 8. The molecule has 0 saturated carbocycles. The summed E-state index contributed by atoms with van der Waals surface area (Å²) < 4.78 is 0. The summed E-state index contributed by atoms with van der Waals surface area (Å²) in [4.78, 5) is 71.8. The normalized spacial score (nSPS) is 19.0. The SMILES string of the molecule is CC[C@H](C)[C@H](N)C(=O)N(C(=O)[C@@H](N)CCCN=C(N)N)[C@H](C(=O)N1CCC[C@H]1C(=O)N[C@@H](C)C(N)=O)C(C)C. The average Bonchev–Trinajstić information content (AvgIpc) is 3.37. The highest BCUT2D eigenvalue weighted by molar-refractivity contribution is 6.04. The standard InChI is InChI=1S/C25H47N9O5/c1-6-14(4)18(27)23(38)34(22(37)16(26)9-7-11-31-25(29)30)19(13(2)3)24(39)33-12-8-10-17(33)21(36)32-15(5)20(28)35/h13-19H,6-12,26-27H2,1-5H3,(H2,28,35)(H,32,36)(H4,29,30,31)/t14-,15-,16-,17-,18-,19-/m0/s1. The molecular weight excluding hydrogens is 506 g/mol. The topological polar surface area (TPSA) is 246 Å². The summed E-state index contributed by atoms with van der Waals surface area (Å²) in [5.41, 5.74) is 28.4. The zero-order chi connectivity index (χ0) is 30.0. The number of rotatable bonds is 14. The van der Waals surface area contributed by atoms with Crippen molar-refractivity contribution in [3.8, 4) is 0 Å². The second kappa shape index (κ2) is 15.4. The summed E-state index contributed by atoms with van der Waals surface area (Å²) >= 11 is 0. The second-order valence-corrected chi connectivity index (χ2v) is 10.5. The lowest BCUT2D eigenvalue weighted by Gasteiger charge is -2.38. The Labute approximate surface area is 230 Å². The van der Waals surface area contributed by atoms with E-state index in [-0.39, 0.29) is 31.4 Å². The van der Waals surface area contributed by atoms with E-state index in [4.69, 9.17) is 28.7 Å². The number of nitrogens with two attached hydrogens (primary N) is 5. The Morgan fingerprint density at radius 1 is 1.03 bits per heavy atom.